The monoisotopic (exact) mass is 487 g/mol. The number of amides is 1. The Morgan fingerprint density at radius 2 is 1.86 bits per heavy atom. The number of carbonyl (C=O) groups is 1. The lowest BCUT2D eigenvalue weighted by Gasteiger charge is -2.36. The number of hydrogen-bond donors (Lipinski definition) is 2. The molecule has 184 valence electrons. The molecule has 3 unspecified atom stereocenters. The number of nitrogens with zero attached hydrogens (tertiary/aromatic N) is 1. The van der Waals surface area contributed by atoms with Gasteiger partial charge in [0.2, 0.25) is 5.91 Å². The maximum Gasteiger partial charge on any atom is 0.235 e. The van der Waals surface area contributed by atoms with E-state index in [1.807, 2.05) is 30.3 Å². The van der Waals surface area contributed by atoms with Crippen molar-refractivity contribution >= 4 is 12.0 Å². The minimum absolute atomic E-state index is 0.00536. The van der Waals surface area contributed by atoms with Crippen LogP contribution in [0, 0.1) is 5.92 Å². The van der Waals surface area contributed by atoms with Crippen LogP contribution in [0.2, 0.25) is 0 Å². The van der Waals surface area contributed by atoms with E-state index >= 15 is 0 Å². The normalized spacial score (nSPS) is 22.5. The summed E-state index contributed by atoms with van der Waals surface area (Å²) in [7, 11) is 0. The largest absolute Gasteiger partial charge is 0.457 e. The van der Waals surface area contributed by atoms with E-state index in [2.05, 4.69) is 71.8 Å². The second kappa shape index (κ2) is 8.48. The van der Waals surface area contributed by atoms with Gasteiger partial charge in [0, 0.05) is 16.8 Å². The molecule has 0 saturated carbocycles. The maximum absolute atomic E-state index is 14.4. The highest BCUT2D eigenvalue weighted by Crippen LogP contribution is 2.59. The number of hydrogen-bond acceptors (Lipinski definition) is 3. The summed E-state index contributed by atoms with van der Waals surface area (Å²) in [5.74, 6) is 3.04. The number of aromatic amines is 1. The van der Waals surface area contributed by atoms with Gasteiger partial charge in [-0.1, -0.05) is 73.7 Å². The summed E-state index contributed by atoms with van der Waals surface area (Å²) in [4.78, 5) is 22.5. The quantitative estimate of drug-likeness (QED) is 0.360. The minimum atomic E-state index is -0.805. The van der Waals surface area contributed by atoms with E-state index in [9.17, 15) is 4.79 Å². The van der Waals surface area contributed by atoms with Crippen LogP contribution in [0.25, 0.3) is 6.08 Å². The summed E-state index contributed by atoms with van der Waals surface area (Å²) < 4.78 is 6.36. The Bertz CT molecular complexity index is 1540. The van der Waals surface area contributed by atoms with Gasteiger partial charge in [0.15, 0.2) is 0 Å². The highest BCUT2D eigenvalue weighted by atomic mass is 16.5. The molecule has 0 spiro atoms. The molecule has 1 aliphatic heterocycles. The number of aromatic nitrogens is 2. The van der Waals surface area contributed by atoms with Crippen molar-refractivity contribution in [1.82, 2.24) is 15.3 Å². The fourth-order valence-corrected chi connectivity index (χ4v) is 6.51. The zero-order chi connectivity index (χ0) is 25.0. The van der Waals surface area contributed by atoms with E-state index in [-0.39, 0.29) is 11.8 Å². The van der Waals surface area contributed by atoms with Crippen molar-refractivity contribution in [2.75, 3.05) is 0 Å². The molecule has 4 aromatic rings. The van der Waals surface area contributed by atoms with Gasteiger partial charge >= 0.3 is 0 Å². The molecule has 1 aromatic heterocycles. The Morgan fingerprint density at radius 1 is 1.05 bits per heavy atom. The Morgan fingerprint density at radius 3 is 2.76 bits per heavy atom. The van der Waals surface area contributed by atoms with Gasteiger partial charge in [-0.05, 0) is 60.4 Å². The molecular formula is C32H29N3O2. The molecule has 3 aliphatic rings. The van der Waals surface area contributed by atoms with E-state index < -0.39 is 5.41 Å². The van der Waals surface area contributed by atoms with Crippen molar-refractivity contribution in [1.29, 1.82) is 0 Å². The van der Waals surface area contributed by atoms with Gasteiger partial charge in [-0.15, -0.1) is 0 Å². The predicted molar refractivity (Wildman–Crippen MR) is 144 cm³/mol. The second-order valence-electron chi connectivity index (χ2n) is 10.6. The number of allylic oxidation sites excluding steroid dienone is 1. The molecule has 37 heavy (non-hydrogen) atoms. The van der Waals surface area contributed by atoms with Crippen LogP contribution in [-0.4, -0.2) is 15.9 Å². The van der Waals surface area contributed by atoms with Crippen molar-refractivity contribution in [3.63, 3.8) is 0 Å². The summed E-state index contributed by atoms with van der Waals surface area (Å²) in [5, 5.41) is 3.27. The summed E-state index contributed by atoms with van der Waals surface area (Å²) in [5.41, 5.74) is 5.76. The number of para-hydroxylation sites is 1. The number of H-pyrrole nitrogens is 1. The van der Waals surface area contributed by atoms with Crippen molar-refractivity contribution in [2.24, 2.45) is 5.92 Å². The molecule has 0 bridgehead atoms. The van der Waals surface area contributed by atoms with Crippen molar-refractivity contribution in [3.8, 4) is 11.5 Å². The lowest BCUT2D eigenvalue weighted by atomic mass is 9.72. The minimum Gasteiger partial charge on any atom is -0.457 e. The van der Waals surface area contributed by atoms with Gasteiger partial charge in [0.1, 0.15) is 22.7 Å². The number of ether oxygens (including phenoxy) is 1. The standard InChI is InChI=1S/C32H29N3O2/c1-20-14-15-25-26(16-20)35-29(34-25)19-33-31(36)32-18-22(17-21-8-3-2-4-9-21)23-10-7-13-28(30(23)32)37-27-12-6-5-11-24(27)32/h2-15,20,22H,16-19H2,1H3,(H,33,36)(H,34,35). The maximum atomic E-state index is 14.4. The third kappa shape index (κ3) is 3.52. The van der Waals surface area contributed by atoms with E-state index in [1.165, 1.54) is 11.1 Å². The van der Waals surface area contributed by atoms with Crippen LogP contribution in [0.1, 0.15) is 58.7 Å². The molecule has 5 heteroatoms. The van der Waals surface area contributed by atoms with Gasteiger partial charge < -0.3 is 15.0 Å². The first-order valence-electron chi connectivity index (χ1n) is 13.1. The fraction of sp³-hybridized carbons (Fsp3) is 0.250. The third-order valence-corrected chi connectivity index (χ3v) is 8.14. The Labute approximate surface area is 216 Å². The number of benzene rings is 3. The molecule has 3 aromatic carbocycles. The number of nitrogens with one attached hydrogen (secondary N) is 2. The van der Waals surface area contributed by atoms with Gasteiger partial charge in [-0.25, -0.2) is 4.98 Å². The number of fused-ring (bicyclic) bond motifs is 3. The second-order valence-corrected chi connectivity index (χ2v) is 10.6. The first-order chi connectivity index (χ1) is 18.1. The summed E-state index contributed by atoms with van der Waals surface area (Å²) in [6.45, 7) is 2.56. The number of rotatable bonds is 5. The molecule has 2 N–H and O–H groups in total. The lowest BCUT2D eigenvalue weighted by molar-refractivity contribution is -0.125. The summed E-state index contributed by atoms with van der Waals surface area (Å²) >= 11 is 0. The van der Waals surface area contributed by atoms with Gasteiger partial charge in [-0.2, -0.15) is 0 Å². The molecule has 7 rings (SSSR count). The smallest absolute Gasteiger partial charge is 0.235 e. The average Bonchev–Trinajstić information content (AvgIpc) is 3.48. The number of carbonyl (C=O) groups excluding carboxylic acids is 1. The Hall–Kier alpha value is -4.12. The van der Waals surface area contributed by atoms with E-state index in [4.69, 9.17) is 9.72 Å². The van der Waals surface area contributed by atoms with Crippen LogP contribution in [0.3, 0.4) is 0 Å². The summed E-state index contributed by atoms with van der Waals surface area (Å²) in [6.07, 6.45) is 6.79. The number of imidazole rings is 1. The van der Waals surface area contributed by atoms with Gasteiger partial charge in [-0.3, -0.25) is 4.79 Å². The van der Waals surface area contributed by atoms with Gasteiger partial charge in [0.05, 0.1) is 12.2 Å². The zero-order valence-electron chi connectivity index (χ0n) is 20.8. The first-order valence-corrected chi connectivity index (χ1v) is 13.1. The average molecular weight is 488 g/mol. The fourth-order valence-electron chi connectivity index (χ4n) is 6.51. The Balaban J connectivity index is 1.27. The lowest BCUT2D eigenvalue weighted by Crippen LogP contribution is -2.45. The van der Waals surface area contributed by atoms with Gasteiger partial charge in [0.25, 0.3) is 0 Å². The molecule has 0 saturated heterocycles. The Kier molecular flexibility index (Phi) is 5.07. The molecule has 1 amide bonds. The van der Waals surface area contributed by atoms with Crippen molar-refractivity contribution in [2.45, 2.75) is 44.1 Å². The molecule has 2 aliphatic carbocycles. The van der Waals surface area contributed by atoms with Crippen molar-refractivity contribution < 1.29 is 9.53 Å². The SMILES string of the molecule is CC1C=Cc2nc(CNC(=O)C34CC(Cc5ccccc5)c5cccc(c53)Oc3ccccc34)[nH]c2C1. The molecule has 5 nitrogen and oxygen atoms in total. The first kappa shape index (κ1) is 22.1. The topological polar surface area (TPSA) is 67.0 Å². The van der Waals surface area contributed by atoms with E-state index in [0.29, 0.717) is 18.9 Å². The van der Waals surface area contributed by atoms with Crippen LogP contribution in [0.15, 0.2) is 78.9 Å². The van der Waals surface area contributed by atoms with Crippen LogP contribution < -0.4 is 10.1 Å². The summed E-state index contributed by atoms with van der Waals surface area (Å²) in [6, 6.07) is 24.8. The van der Waals surface area contributed by atoms with Crippen LogP contribution in [0.4, 0.5) is 0 Å². The van der Waals surface area contributed by atoms with E-state index in [0.717, 1.165) is 52.7 Å². The molecule has 0 fully saturated rings. The van der Waals surface area contributed by atoms with Crippen LogP contribution in [-0.2, 0) is 29.6 Å². The van der Waals surface area contributed by atoms with Crippen LogP contribution in [0.5, 0.6) is 11.5 Å². The molecule has 2 heterocycles. The predicted octanol–water partition coefficient (Wildman–Crippen LogP) is 6.05. The van der Waals surface area contributed by atoms with Crippen molar-refractivity contribution in [3.05, 3.63) is 118 Å². The van der Waals surface area contributed by atoms with E-state index in [1.54, 1.807) is 0 Å². The highest BCUT2D eigenvalue weighted by molar-refractivity contribution is 5.96. The molecule has 0 radical (unpaired) electrons. The molecular weight excluding hydrogens is 458 g/mol. The van der Waals surface area contributed by atoms with Crippen LogP contribution >= 0.6 is 0 Å². The third-order valence-electron chi connectivity index (χ3n) is 8.14. The zero-order valence-corrected chi connectivity index (χ0v) is 20.8. The molecule has 3 atom stereocenters. The highest BCUT2D eigenvalue weighted by Gasteiger charge is 2.55.